The zero-order chi connectivity index (χ0) is 26.3. The van der Waals surface area contributed by atoms with Crippen LogP contribution < -0.4 is 0 Å². The first-order valence-electron chi connectivity index (χ1n) is 12.7. The SMILES string of the molecule is CCOP(=O)(OCC)C(C)CCC(CCC(CC)P(=O)(OCC)OCC)P(=O)(OCC)OCC. The second-order valence-electron chi connectivity index (χ2n) is 7.85. The van der Waals surface area contributed by atoms with Crippen LogP contribution in [-0.4, -0.2) is 56.6 Å². The van der Waals surface area contributed by atoms with Gasteiger partial charge in [-0.3, -0.25) is 13.7 Å². The summed E-state index contributed by atoms with van der Waals surface area (Å²) in [5.41, 5.74) is -1.18. The molecule has 34 heavy (non-hydrogen) atoms. The Hall–Kier alpha value is 0.450. The van der Waals surface area contributed by atoms with Gasteiger partial charge in [-0.1, -0.05) is 13.8 Å². The third-order valence-electron chi connectivity index (χ3n) is 5.51. The van der Waals surface area contributed by atoms with Gasteiger partial charge in [0, 0.05) is 0 Å². The largest absolute Gasteiger partial charge is 0.333 e. The van der Waals surface area contributed by atoms with E-state index in [2.05, 4.69) is 0 Å². The second kappa shape index (κ2) is 17.8. The summed E-state index contributed by atoms with van der Waals surface area (Å²) in [7, 11) is -10.1. The summed E-state index contributed by atoms with van der Waals surface area (Å²) in [6.07, 6.45) is 2.41. The predicted molar refractivity (Wildman–Crippen MR) is 138 cm³/mol. The van der Waals surface area contributed by atoms with Crippen LogP contribution in [0.1, 0.15) is 87.5 Å². The number of hydrogen-bond donors (Lipinski definition) is 0. The molecule has 0 amide bonds. The molecule has 0 heterocycles. The molecule has 0 spiro atoms. The van der Waals surface area contributed by atoms with Gasteiger partial charge in [-0.2, -0.15) is 0 Å². The van der Waals surface area contributed by atoms with Gasteiger partial charge in [0.2, 0.25) is 0 Å². The molecule has 0 fully saturated rings. The lowest BCUT2D eigenvalue weighted by Gasteiger charge is -2.31. The zero-order valence-electron chi connectivity index (χ0n) is 22.5. The van der Waals surface area contributed by atoms with E-state index in [4.69, 9.17) is 27.1 Å². The Labute approximate surface area is 207 Å². The third-order valence-corrected chi connectivity index (χ3v) is 13.5. The maximum Gasteiger partial charge on any atom is 0.333 e. The van der Waals surface area contributed by atoms with Crippen molar-refractivity contribution in [2.24, 2.45) is 0 Å². The highest BCUT2D eigenvalue weighted by Crippen LogP contribution is 2.61. The smallest absolute Gasteiger partial charge is 0.309 e. The Morgan fingerprint density at radius 1 is 0.471 bits per heavy atom. The van der Waals surface area contributed by atoms with E-state index >= 15 is 0 Å². The van der Waals surface area contributed by atoms with Crippen molar-refractivity contribution in [3.05, 3.63) is 0 Å². The molecule has 0 aliphatic heterocycles. The van der Waals surface area contributed by atoms with Gasteiger partial charge in [-0.05, 0) is 73.6 Å². The van der Waals surface area contributed by atoms with Crippen molar-refractivity contribution in [3.8, 4) is 0 Å². The molecule has 12 heteroatoms. The second-order valence-corrected chi connectivity index (χ2v) is 15.0. The Kier molecular flexibility index (Phi) is 18.1. The van der Waals surface area contributed by atoms with Crippen LogP contribution in [0.25, 0.3) is 0 Å². The van der Waals surface area contributed by atoms with Crippen molar-refractivity contribution in [2.75, 3.05) is 39.6 Å². The fraction of sp³-hybridized carbons (Fsp3) is 1.00. The molecule has 0 saturated heterocycles. The van der Waals surface area contributed by atoms with E-state index in [9.17, 15) is 13.7 Å². The Bertz CT molecular complexity index is 644. The first-order chi connectivity index (χ1) is 16.1. The van der Waals surface area contributed by atoms with Gasteiger partial charge in [0.1, 0.15) is 0 Å². The first kappa shape index (κ1) is 34.5. The van der Waals surface area contributed by atoms with Crippen LogP contribution in [0.4, 0.5) is 0 Å². The molecule has 0 aromatic heterocycles. The highest BCUT2D eigenvalue weighted by Gasteiger charge is 2.41. The molecule has 206 valence electrons. The monoisotopic (exact) mass is 550 g/mol. The summed E-state index contributed by atoms with van der Waals surface area (Å²) in [5.74, 6) is 0. The summed E-state index contributed by atoms with van der Waals surface area (Å²) in [6, 6.07) is 0. The van der Waals surface area contributed by atoms with Crippen LogP contribution in [0.3, 0.4) is 0 Å². The lowest BCUT2D eigenvalue weighted by molar-refractivity contribution is 0.200. The summed E-state index contributed by atoms with van der Waals surface area (Å²) >= 11 is 0. The Morgan fingerprint density at radius 2 is 0.765 bits per heavy atom. The van der Waals surface area contributed by atoms with E-state index in [0.717, 1.165) is 0 Å². The van der Waals surface area contributed by atoms with Crippen molar-refractivity contribution in [3.63, 3.8) is 0 Å². The van der Waals surface area contributed by atoms with Crippen LogP contribution >= 0.6 is 22.8 Å². The molecule has 0 aromatic carbocycles. The molecule has 3 unspecified atom stereocenters. The minimum atomic E-state index is -3.46. The van der Waals surface area contributed by atoms with Crippen molar-refractivity contribution in [1.82, 2.24) is 0 Å². The van der Waals surface area contributed by atoms with Gasteiger partial charge < -0.3 is 27.1 Å². The highest BCUT2D eigenvalue weighted by molar-refractivity contribution is 7.55. The van der Waals surface area contributed by atoms with Crippen LogP contribution in [0.15, 0.2) is 0 Å². The first-order valence-corrected chi connectivity index (χ1v) is 17.6. The van der Waals surface area contributed by atoms with E-state index in [1.165, 1.54) is 0 Å². The summed E-state index contributed by atoms with van der Waals surface area (Å²) < 4.78 is 73.7. The minimum absolute atomic E-state index is 0.243. The Balaban J connectivity index is 5.78. The van der Waals surface area contributed by atoms with Gasteiger partial charge in [-0.15, -0.1) is 0 Å². The van der Waals surface area contributed by atoms with Crippen LogP contribution in [0.5, 0.6) is 0 Å². The van der Waals surface area contributed by atoms with E-state index < -0.39 is 28.4 Å². The van der Waals surface area contributed by atoms with Crippen molar-refractivity contribution < 1.29 is 40.8 Å². The average Bonchev–Trinajstić information content (AvgIpc) is 2.76. The van der Waals surface area contributed by atoms with Crippen molar-refractivity contribution >= 4 is 22.8 Å². The molecular weight excluding hydrogens is 501 g/mol. The molecule has 0 radical (unpaired) electrons. The molecule has 3 atom stereocenters. The lowest BCUT2D eigenvalue weighted by Crippen LogP contribution is -2.20. The summed E-state index contributed by atoms with van der Waals surface area (Å²) in [5, 5.41) is 0. The van der Waals surface area contributed by atoms with E-state index in [0.29, 0.717) is 32.1 Å². The third kappa shape index (κ3) is 10.8. The normalized spacial score (nSPS) is 15.9. The van der Waals surface area contributed by atoms with E-state index in [-0.39, 0.29) is 51.0 Å². The van der Waals surface area contributed by atoms with Gasteiger partial charge >= 0.3 is 22.8 Å². The fourth-order valence-corrected chi connectivity index (χ4v) is 9.93. The maximum absolute atomic E-state index is 13.7. The number of hydrogen-bond acceptors (Lipinski definition) is 9. The molecule has 0 bridgehead atoms. The maximum atomic E-state index is 13.7. The molecule has 9 nitrogen and oxygen atoms in total. The lowest BCUT2D eigenvalue weighted by atomic mass is 10.1. The molecule has 0 rings (SSSR count). The van der Waals surface area contributed by atoms with Gasteiger partial charge in [-0.25, -0.2) is 0 Å². The van der Waals surface area contributed by atoms with Crippen LogP contribution in [-0.2, 0) is 40.8 Å². The van der Waals surface area contributed by atoms with Crippen molar-refractivity contribution in [1.29, 1.82) is 0 Å². The average molecular weight is 551 g/mol. The summed E-state index contributed by atoms with van der Waals surface area (Å²) in [6.45, 7) is 16.1. The molecule has 0 aliphatic rings. The van der Waals surface area contributed by atoms with Crippen LogP contribution in [0.2, 0.25) is 0 Å². The standard InChI is InChI=1S/C22H49O9P3/c1-9-21(33(24,28-12-4)29-13-5)18-19-22(34(25,30-14-6)31-15-7)17-16-20(8)32(23,26-10-2)27-11-3/h20-22H,9-19H2,1-8H3. The molecule has 0 N–H and O–H groups in total. The number of rotatable bonds is 22. The predicted octanol–water partition coefficient (Wildman–Crippen LogP) is 7.88. The van der Waals surface area contributed by atoms with E-state index in [1.54, 1.807) is 41.5 Å². The van der Waals surface area contributed by atoms with E-state index in [1.807, 2.05) is 13.8 Å². The topological polar surface area (TPSA) is 107 Å². The molecule has 0 aliphatic carbocycles. The van der Waals surface area contributed by atoms with Gasteiger partial charge in [0.15, 0.2) is 0 Å². The fourth-order valence-electron chi connectivity index (χ4n) is 3.89. The van der Waals surface area contributed by atoms with Gasteiger partial charge in [0.05, 0.1) is 56.6 Å². The molecule has 0 aromatic rings. The highest BCUT2D eigenvalue weighted by atomic mass is 31.2. The molecule has 0 saturated carbocycles. The van der Waals surface area contributed by atoms with Crippen LogP contribution in [0, 0.1) is 0 Å². The quantitative estimate of drug-likeness (QED) is 0.124. The Morgan fingerprint density at radius 3 is 1.12 bits per heavy atom. The van der Waals surface area contributed by atoms with Crippen molar-refractivity contribution in [2.45, 2.75) is 104 Å². The van der Waals surface area contributed by atoms with Gasteiger partial charge in [0.25, 0.3) is 0 Å². The molecular formula is C22H49O9P3. The zero-order valence-corrected chi connectivity index (χ0v) is 25.2. The minimum Gasteiger partial charge on any atom is -0.309 e. The summed E-state index contributed by atoms with van der Waals surface area (Å²) in [4.78, 5) is 0.